The molecule has 0 saturated heterocycles. The second-order valence-corrected chi connectivity index (χ2v) is 5.32. The minimum absolute atomic E-state index is 0.280. The number of urea groups is 1. The topological polar surface area (TPSA) is 82.7 Å². The fraction of sp³-hybridized carbons (Fsp3) is 0.500. The molecule has 7 nitrogen and oxygen atoms in total. The minimum Gasteiger partial charge on any atom is -0.453 e. The zero-order valence-corrected chi connectivity index (χ0v) is 14.2. The second kappa shape index (κ2) is 9.68. The number of hydrogen-bond donors (Lipinski definition) is 3. The molecule has 7 heteroatoms. The van der Waals surface area contributed by atoms with Crippen LogP contribution in [0.1, 0.15) is 20.3 Å². The summed E-state index contributed by atoms with van der Waals surface area (Å²) in [6.45, 7) is 5.63. The first kappa shape index (κ1) is 18.8. The van der Waals surface area contributed by atoms with Crippen molar-refractivity contribution in [2.75, 3.05) is 37.9 Å². The van der Waals surface area contributed by atoms with E-state index >= 15 is 0 Å². The third-order valence-corrected chi connectivity index (χ3v) is 3.65. The molecule has 0 aromatic heterocycles. The number of ether oxygens (including phenoxy) is 1. The van der Waals surface area contributed by atoms with E-state index in [2.05, 4.69) is 39.4 Å². The van der Waals surface area contributed by atoms with Crippen molar-refractivity contribution in [2.45, 2.75) is 26.3 Å². The van der Waals surface area contributed by atoms with E-state index in [1.807, 2.05) is 7.05 Å². The molecule has 0 heterocycles. The predicted molar refractivity (Wildman–Crippen MR) is 91.9 cm³/mol. The Morgan fingerprint density at radius 2 is 1.91 bits per heavy atom. The van der Waals surface area contributed by atoms with Gasteiger partial charge in [0.25, 0.3) is 0 Å². The van der Waals surface area contributed by atoms with Crippen molar-refractivity contribution in [3.05, 3.63) is 24.3 Å². The van der Waals surface area contributed by atoms with Gasteiger partial charge in [0.1, 0.15) is 0 Å². The first-order valence-corrected chi connectivity index (χ1v) is 7.66. The van der Waals surface area contributed by atoms with Crippen molar-refractivity contribution in [1.82, 2.24) is 10.2 Å². The average molecular weight is 322 g/mol. The normalized spacial score (nSPS) is 11.7. The van der Waals surface area contributed by atoms with Crippen LogP contribution in [0, 0.1) is 0 Å². The van der Waals surface area contributed by atoms with E-state index in [9.17, 15) is 9.59 Å². The molecule has 1 rings (SSSR count). The molecule has 1 atom stereocenters. The van der Waals surface area contributed by atoms with Gasteiger partial charge in [-0.05, 0) is 38.6 Å². The molecule has 3 N–H and O–H groups in total. The van der Waals surface area contributed by atoms with Crippen LogP contribution in [0.2, 0.25) is 0 Å². The fourth-order valence-corrected chi connectivity index (χ4v) is 1.90. The van der Waals surface area contributed by atoms with E-state index in [0.29, 0.717) is 24.0 Å². The lowest BCUT2D eigenvalue weighted by molar-refractivity contribution is 0.187. The van der Waals surface area contributed by atoms with Gasteiger partial charge in [-0.2, -0.15) is 0 Å². The Kier molecular flexibility index (Phi) is 7.90. The minimum atomic E-state index is -0.556. The van der Waals surface area contributed by atoms with Gasteiger partial charge in [-0.25, -0.2) is 9.59 Å². The van der Waals surface area contributed by atoms with Crippen LogP contribution in [0.25, 0.3) is 0 Å². The summed E-state index contributed by atoms with van der Waals surface area (Å²) in [6, 6.07) is 7.05. The highest BCUT2D eigenvalue weighted by molar-refractivity contribution is 5.91. The van der Waals surface area contributed by atoms with Crippen LogP contribution in [-0.4, -0.2) is 50.3 Å². The van der Waals surface area contributed by atoms with Crippen LogP contribution >= 0.6 is 0 Å². The van der Waals surface area contributed by atoms with Crippen LogP contribution in [0.3, 0.4) is 0 Å². The SMILES string of the molecule is CCC(C)N(C)CCNC(=O)Nc1cccc(NC(=O)OC)c1. The van der Waals surface area contributed by atoms with Gasteiger partial charge in [0.15, 0.2) is 0 Å². The summed E-state index contributed by atoms with van der Waals surface area (Å²) < 4.78 is 4.52. The van der Waals surface area contributed by atoms with E-state index < -0.39 is 6.09 Å². The number of benzene rings is 1. The lowest BCUT2D eigenvalue weighted by atomic mass is 10.2. The van der Waals surface area contributed by atoms with Crippen LogP contribution in [-0.2, 0) is 4.74 Å². The number of methoxy groups -OCH3 is 1. The standard InChI is InChI=1S/C16H26N4O3/c1-5-12(2)20(3)10-9-17-15(21)18-13-7-6-8-14(11-13)19-16(22)23-4/h6-8,11-12H,5,9-10H2,1-4H3,(H,19,22)(H2,17,18,21). The van der Waals surface area contributed by atoms with E-state index in [1.165, 1.54) is 7.11 Å². The van der Waals surface area contributed by atoms with Gasteiger partial charge >= 0.3 is 12.1 Å². The van der Waals surface area contributed by atoms with Gasteiger partial charge in [-0.1, -0.05) is 13.0 Å². The van der Waals surface area contributed by atoms with E-state index in [1.54, 1.807) is 24.3 Å². The van der Waals surface area contributed by atoms with Crippen molar-refractivity contribution in [1.29, 1.82) is 0 Å². The molecule has 0 saturated carbocycles. The third kappa shape index (κ3) is 7.01. The molecule has 0 spiro atoms. The Hall–Kier alpha value is -2.28. The number of anilines is 2. The van der Waals surface area contributed by atoms with Crippen LogP contribution < -0.4 is 16.0 Å². The molecule has 1 unspecified atom stereocenters. The molecule has 0 fully saturated rings. The largest absolute Gasteiger partial charge is 0.453 e. The van der Waals surface area contributed by atoms with E-state index in [4.69, 9.17) is 0 Å². The van der Waals surface area contributed by atoms with Gasteiger partial charge in [0, 0.05) is 30.5 Å². The molecule has 0 aliphatic carbocycles. The number of hydrogen-bond acceptors (Lipinski definition) is 4. The summed E-state index contributed by atoms with van der Waals surface area (Å²) in [5, 5.41) is 8.08. The van der Waals surface area contributed by atoms with Crippen molar-refractivity contribution >= 4 is 23.5 Å². The zero-order chi connectivity index (χ0) is 17.2. The highest BCUT2D eigenvalue weighted by Crippen LogP contribution is 2.15. The highest BCUT2D eigenvalue weighted by atomic mass is 16.5. The van der Waals surface area contributed by atoms with Crippen LogP contribution in [0.4, 0.5) is 21.0 Å². The third-order valence-electron chi connectivity index (χ3n) is 3.65. The lowest BCUT2D eigenvalue weighted by Gasteiger charge is -2.23. The van der Waals surface area contributed by atoms with E-state index in [-0.39, 0.29) is 6.03 Å². The van der Waals surface area contributed by atoms with Gasteiger partial charge in [-0.15, -0.1) is 0 Å². The molecular formula is C16H26N4O3. The molecule has 0 bridgehead atoms. The van der Waals surface area contributed by atoms with Crippen molar-refractivity contribution in [2.24, 2.45) is 0 Å². The molecular weight excluding hydrogens is 296 g/mol. The average Bonchev–Trinajstić information content (AvgIpc) is 2.54. The molecule has 0 aliphatic rings. The maximum atomic E-state index is 11.9. The summed E-state index contributed by atoms with van der Waals surface area (Å²) >= 11 is 0. The van der Waals surface area contributed by atoms with Crippen molar-refractivity contribution in [3.63, 3.8) is 0 Å². The Bertz CT molecular complexity index is 522. The molecule has 128 valence electrons. The Balaban J connectivity index is 2.42. The number of carbonyl (C=O) groups excluding carboxylic acids is 2. The molecule has 0 aliphatic heterocycles. The predicted octanol–water partition coefficient (Wildman–Crippen LogP) is 2.72. The number of carbonyl (C=O) groups is 2. The fourth-order valence-electron chi connectivity index (χ4n) is 1.90. The summed E-state index contributed by atoms with van der Waals surface area (Å²) in [7, 11) is 3.33. The van der Waals surface area contributed by atoms with Gasteiger partial charge < -0.3 is 20.3 Å². The highest BCUT2D eigenvalue weighted by Gasteiger charge is 2.08. The van der Waals surface area contributed by atoms with Gasteiger partial charge in [0.05, 0.1) is 7.11 Å². The Morgan fingerprint density at radius 3 is 2.52 bits per heavy atom. The van der Waals surface area contributed by atoms with Crippen LogP contribution in [0.15, 0.2) is 24.3 Å². The summed E-state index contributed by atoms with van der Waals surface area (Å²) in [5.74, 6) is 0. The lowest BCUT2D eigenvalue weighted by Crippen LogP contribution is -2.38. The molecule has 1 aromatic rings. The number of amides is 3. The number of nitrogens with zero attached hydrogens (tertiary/aromatic N) is 1. The Morgan fingerprint density at radius 1 is 1.26 bits per heavy atom. The summed E-state index contributed by atoms with van der Waals surface area (Å²) in [6.07, 6.45) is 0.516. The first-order chi connectivity index (χ1) is 11.0. The summed E-state index contributed by atoms with van der Waals surface area (Å²) in [5.41, 5.74) is 1.14. The van der Waals surface area contributed by atoms with Crippen LogP contribution in [0.5, 0.6) is 0 Å². The van der Waals surface area contributed by atoms with Gasteiger partial charge in [-0.3, -0.25) is 5.32 Å². The smallest absolute Gasteiger partial charge is 0.411 e. The Labute approximate surface area is 137 Å². The van der Waals surface area contributed by atoms with Crippen molar-refractivity contribution in [3.8, 4) is 0 Å². The molecule has 1 aromatic carbocycles. The number of nitrogens with one attached hydrogen (secondary N) is 3. The monoisotopic (exact) mass is 322 g/mol. The van der Waals surface area contributed by atoms with E-state index in [0.717, 1.165) is 13.0 Å². The molecule has 3 amide bonds. The first-order valence-electron chi connectivity index (χ1n) is 7.66. The number of rotatable bonds is 7. The van der Waals surface area contributed by atoms with Crippen molar-refractivity contribution < 1.29 is 14.3 Å². The molecule has 0 radical (unpaired) electrons. The quantitative estimate of drug-likeness (QED) is 0.721. The maximum Gasteiger partial charge on any atom is 0.411 e. The summed E-state index contributed by atoms with van der Waals surface area (Å²) in [4.78, 5) is 25.2. The zero-order valence-electron chi connectivity index (χ0n) is 14.2. The number of likely N-dealkylation sites (N-methyl/N-ethyl adjacent to an activating group) is 1. The maximum absolute atomic E-state index is 11.9. The second-order valence-electron chi connectivity index (χ2n) is 5.32. The van der Waals surface area contributed by atoms with Gasteiger partial charge in [0.2, 0.25) is 0 Å². The molecule has 23 heavy (non-hydrogen) atoms.